The summed E-state index contributed by atoms with van der Waals surface area (Å²) in [5.41, 5.74) is 0.540. The fourth-order valence-corrected chi connectivity index (χ4v) is 4.23. The van der Waals surface area contributed by atoms with Crippen LogP contribution in [-0.4, -0.2) is 55.6 Å². The molecule has 0 radical (unpaired) electrons. The highest BCUT2D eigenvalue weighted by Gasteiger charge is 2.43. The SMILES string of the molecule is CCN1CC[C@]2(CCC1=O)C[C@H](NC(=O)CCn1cnnn1)c1ccccc1O2. The number of rotatable bonds is 5. The van der Waals surface area contributed by atoms with Crippen LogP contribution in [0.2, 0.25) is 0 Å². The number of nitrogens with zero attached hydrogens (tertiary/aromatic N) is 5. The van der Waals surface area contributed by atoms with Gasteiger partial charge < -0.3 is 15.0 Å². The van der Waals surface area contributed by atoms with Crippen LogP contribution in [0.3, 0.4) is 0 Å². The van der Waals surface area contributed by atoms with Gasteiger partial charge in [0.1, 0.15) is 17.7 Å². The summed E-state index contributed by atoms with van der Waals surface area (Å²) in [5, 5.41) is 14.1. The third-order valence-corrected chi connectivity index (χ3v) is 5.86. The number of carbonyl (C=O) groups is 2. The number of aromatic nitrogens is 4. The third-order valence-electron chi connectivity index (χ3n) is 5.86. The van der Waals surface area contributed by atoms with Crippen LogP contribution in [0.25, 0.3) is 0 Å². The Morgan fingerprint density at radius 3 is 3.00 bits per heavy atom. The highest BCUT2D eigenvalue weighted by Crippen LogP contribution is 2.44. The van der Waals surface area contributed by atoms with Crippen LogP contribution in [0, 0.1) is 0 Å². The molecule has 0 bridgehead atoms. The van der Waals surface area contributed by atoms with E-state index in [1.807, 2.05) is 36.1 Å². The molecule has 1 N–H and O–H groups in total. The highest BCUT2D eigenvalue weighted by molar-refractivity contribution is 5.77. The normalized spacial score (nSPS) is 24.0. The van der Waals surface area contributed by atoms with Crippen LogP contribution < -0.4 is 10.1 Å². The summed E-state index contributed by atoms with van der Waals surface area (Å²) in [6.45, 7) is 3.82. The van der Waals surface area contributed by atoms with Gasteiger partial charge in [-0.05, 0) is 29.8 Å². The Balaban J connectivity index is 1.50. The molecule has 4 rings (SSSR count). The molecule has 2 aromatic rings. The molecule has 3 heterocycles. The number of amides is 2. The van der Waals surface area contributed by atoms with Crippen LogP contribution in [0.4, 0.5) is 0 Å². The second-order valence-electron chi connectivity index (χ2n) is 7.69. The van der Waals surface area contributed by atoms with Gasteiger partial charge in [-0.3, -0.25) is 9.59 Å². The second-order valence-corrected chi connectivity index (χ2v) is 7.69. The van der Waals surface area contributed by atoms with Crippen molar-refractivity contribution in [3.8, 4) is 5.75 Å². The predicted molar refractivity (Wildman–Crippen MR) is 104 cm³/mol. The molecule has 2 amide bonds. The van der Waals surface area contributed by atoms with Crippen LogP contribution in [-0.2, 0) is 16.1 Å². The topological polar surface area (TPSA) is 102 Å². The average Bonchev–Trinajstić information content (AvgIpc) is 3.20. The van der Waals surface area contributed by atoms with E-state index in [1.54, 1.807) is 0 Å². The van der Waals surface area contributed by atoms with Crippen molar-refractivity contribution < 1.29 is 14.3 Å². The van der Waals surface area contributed by atoms with Gasteiger partial charge in [-0.25, -0.2) is 4.68 Å². The number of ether oxygens (including phenoxy) is 1. The van der Waals surface area contributed by atoms with E-state index in [1.165, 1.54) is 11.0 Å². The lowest BCUT2D eigenvalue weighted by Crippen LogP contribution is -2.46. The minimum Gasteiger partial charge on any atom is -0.487 e. The van der Waals surface area contributed by atoms with E-state index >= 15 is 0 Å². The Kier molecular flexibility index (Phi) is 5.46. The summed E-state index contributed by atoms with van der Waals surface area (Å²) >= 11 is 0. The van der Waals surface area contributed by atoms with Crippen molar-refractivity contribution in [2.75, 3.05) is 13.1 Å². The molecule has 154 valence electrons. The summed E-state index contributed by atoms with van der Waals surface area (Å²) in [6.07, 6.45) is 4.33. The first kappa shape index (κ1) is 19.4. The van der Waals surface area contributed by atoms with Crippen molar-refractivity contribution >= 4 is 11.8 Å². The molecule has 1 aromatic carbocycles. The maximum atomic E-state index is 12.6. The van der Waals surface area contributed by atoms with Crippen molar-refractivity contribution in [1.29, 1.82) is 0 Å². The molecule has 2 atom stereocenters. The number of para-hydroxylation sites is 1. The molecule has 0 saturated carbocycles. The lowest BCUT2D eigenvalue weighted by atomic mass is 9.82. The summed E-state index contributed by atoms with van der Waals surface area (Å²) in [7, 11) is 0. The number of nitrogens with one attached hydrogen (secondary N) is 1. The minimum atomic E-state index is -0.443. The zero-order chi connectivity index (χ0) is 20.3. The number of hydrogen-bond acceptors (Lipinski definition) is 6. The van der Waals surface area contributed by atoms with E-state index in [0.29, 0.717) is 45.3 Å². The maximum absolute atomic E-state index is 12.6. The van der Waals surface area contributed by atoms with Gasteiger partial charge in [-0.15, -0.1) is 5.10 Å². The van der Waals surface area contributed by atoms with E-state index in [-0.39, 0.29) is 17.9 Å². The van der Waals surface area contributed by atoms with Crippen LogP contribution in [0.5, 0.6) is 5.75 Å². The fourth-order valence-electron chi connectivity index (χ4n) is 4.23. The van der Waals surface area contributed by atoms with Crippen molar-refractivity contribution in [2.24, 2.45) is 0 Å². The summed E-state index contributed by atoms with van der Waals surface area (Å²) in [4.78, 5) is 26.9. The third kappa shape index (κ3) is 4.23. The molecule has 0 unspecified atom stereocenters. The zero-order valence-electron chi connectivity index (χ0n) is 16.6. The quantitative estimate of drug-likeness (QED) is 0.818. The predicted octanol–water partition coefficient (Wildman–Crippen LogP) is 1.47. The number of fused-ring (bicyclic) bond motifs is 1. The molecular formula is C20H26N6O3. The van der Waals surface area contributed by atoms with Crippen LogP contribution in [0.15, 0.2) is 30.6 Å². The fraction of sp³-hybridized carbons (Fsp3) is 0.550. The number of carbonyl (C=O) groups excluding carboxylic acids is 2. The number of hydrogen-bond donors (Lipinski definition) is 1. The summed E-state index contributed by atoms with van der Waals surface area (Å²) < 4.78 is 7.99. The molecule has 1 saturated heterocycles. The first-order valence-corrected chi connectivity index (χ1v) is 10.1. The van der Waals surface area contributed by atoms with Crippen LogP contribution in [0.1, 0.15) is 50.6 Å². The second kappa shape index (κ2) is 8.18. The average molecular weight is 398 g/mol. The Hall–Kier alpha value is -2.97. The van der Waals surface area contributed by atoms with E-state index in [9.17, 15) is 9.59 Å². The van der Waals surface area contributed by atoms with Gasteiger partial charge in [0.15, 0.2) is 0 Å². The van der Waals surface area contributed by atoms with Crippen molar-refractivity contribution in [1.82, 2.24) is 30.4 Å². The van der Waals surface area contributed by atoms with Crippen LogP contribution >= 0.6 is 0 Å². The number of likely N-dealkylation sites (tertiary alicyclic amines) is 1. The minimum absolute atomic E-state index is 0.0581. The zero-order valence-corrected chi connectivity index (χ0v) is 16.6. The van der Waals surface area contributed by atoms with E-state index in [4.69, 9.17) is 4.74 Å². The van der Waals surface area contributed by atoms with Crippen molar-refractivity contribution in [3.05, 3.63) is 36.2 Å². The molecule has 0 aliphatic carbocycles. The van der Waals surface area contributed by atoms with Crippen molar-refractivity contribution in [3.63, 3.8) is 0 Å². The molecule has 29 heavy (non-hydrogen) atoms. The lowest BCUT2D eigenvalue weighted by molar-refractivity contribution is -0.130. The van der Waals surface area contributed by atoms with E-state index in [0.717, 1.165) is 17.7 Å². The Labute approximate surface area is 169 Å². The van der Waals surface area contributed by atoms with Gasteiger partial charge in [0, 0.05) is 44.3 Å². The number of benzene rings is 1. The van der Waals surface area contributed by atoms with Gasteiger partial charge in [0.05, 0.1) is 12.6 Å². The highest BCUT2D eigenvalue weighted by atomic mass is 16.5. The number of tetrazole rings is 1. The molecule has 9 heteroatoms. The molecular weight excluding hydrogens is 372 g/mol. The van der Waals surface area contributed by atoms with Gasteiger partial charge in [-0.2, -0.15) is 0 Å². The largest absolute Gasteiger partial charge is 0.487 e. The van der Waals surface area contributed by atoms with E-state index < -0.39 is 5.60 Å². The molecule has 9 nitrogen and oxygen atoms in total. The summed E-state index contributed by atoms with van der Waals surface area (Å²) in [6, 6.07) is 7.68. The Morgan fingerprint density at radius 2 is 2.21 bits per heavy atom. The standard InChI is InChI=1S/C20H26N6O3/c1-2-25-12-10-20(9-7-19(25)28)13-16(15-5-3-4-6-17(15)29-20)22-18(27)8-11-26-14-21-23-24-26/h3-6,14,16H,2,7-13H2,1H3,(H,22,27)/t16-,20+/m0/s1. The van der Waals surface area contributed by atoms with Gasteiger partial charge in [-0.1, -0.05) is 18.2 Å². The Bertz CT molecular complexity index is 871. The molecule has 2 aliphatic rings. The van der Waals surface area contributed by atoms with Gasteiger partial charge >= 0.3 is 0 Å². The molecule has 1 aromatic heterocycles. The Morgan fingerprint density at radius 1 is 1.34 bits per heavy atom. The summed E-state index contributed by atoms with van der Waals surface area (Å²) in [5.74, 6) is 0.910. The van der Waals surface area contributed by atoms with Crippen molar-refractivity contribution in [2.45, 2.75) is 57.2 Å². The molecule has 1 spiro atoms. The van der Waals surface area contributed by atoms with Gasteiger partial charge in [0.2, 0.25) is 11.8 Å². The first-order valence-electron chi connectivity index (χ1n) is 10.1. The molecule has 1 fully saturated rings. The lowest BCUT2D eigenvalue weighted by Gasteiger charge is -2.42. The van der Waals surface area contributed by atoms with E-state index in [2.05, 4.69) is 20.8 Å². The number of aryl methyl sites for hydroxylation is 1. The monoisotopic (exact) mass is 398 g/mol. The van der Waals surface area contributed by atoms with Gasteiger partial charge in [0.25, 0.3) is 0 Å². The smallest absolute Gasteiger partial charge is 0.222 e. The molecule has 2 aliphatic heterocycles. The maximum Gasteiger partial charge on any atom is 0.222 e. The first-order chi connectivity index (χ1) is 14.1.